The molecule has 0 amide bonds. The minimum atomic E-state index is -5.35. The Labute approximate surface area is 63.8 Å². The topological polar surface area (TPSA) is 156 Å². The van der Waals surface area contributed by atoms with E-state index < -0.39 is 34.6 Å². The summed E-state index contributed by atoms with van der Waals surface area (Å²) in [6.45, 7) is 0. The summed E-state index contributed by atoms with van der Waals surface area (Å²) in [5.41, 5.74) is 0. The molecule has 0 heterocycles. The summed E-state index contributed by atoms with van der Waals surface area (Å²) in [7, 11) is 0. The quantitative estimate of drug-likeness (QED) is 0.243. The van der Waals surface area contributed by atoms with E-state index in [1.807, 2.05) is 0 Å². The maximum atomic E-state index is 8.97. The van der Waals surface area contributed by atoms with Gasteiger partial charge in [0.05, 0.1) is 0 Å². The molecule has 0 radical (unpaired) electrons. The Kier molecular flexibility index (Phi) is 6.11. The second-order valence-electron chi connectivity index (χ2n) is 1.03. The van der Waals surface area contributed by atoms with E-state index in [1.165, 1.54) is 0 Å². The van der Waals surface area contributed by atoms with Crippen molar-refractivity contribution in [3.05, 3.63) is 0 Å². The SMILES string of the molecule is O=[As](O)(O)O.[O]=[Sb]([OH])([OH])[OH]. The summed E-state index contributed by atoms with van der Waals surface area (Å²) in [5, 5.41) is 0. The molecule has 8 nitrogen and oxygen atoms in total. The van der Waals surface area contributed by atoms with E-state index in [4.69, 9.17) is 29.2 Å². The van der Waals surface area contributed by atoms with Gasteiger partial charge in [-0.3, -0.25) is 0 Å². The fraction of sp³-hybridized carbons (Fsp3) is 0. The molecule has 0 aromatic carbocycles. The minimum absolute atomic E-state index is 5.12. The van der Waals surface area contributed by atoms with E-state index in [1.54, 1.807) is 0 Å². The van der Waals surface area contributed by atoms with Crippen molar-refractivity contribution in [1.29, 1.82) is 0 Å². The van der Waals surface area contributed by atoms with Crippen molar-refractivity contribution in [1.82, 2.24) is 0 Å². The molecule has 0 saturated carbocycles. The van der Waals surface area contributed by atoms with Gasteiger partial charge in [-0.1, -0.05) is 0 Å². The van der Waals surface area contributed by atoms with Crippen LogP contribution in [0.15, 0.2) is 0 Å². The van der Waals surface area contributed by atoms with Crippen LogP contribution in [0.2, 0.25) is 0 Å². The first kappa shape index (κ1) is 13.3. The van der Waals surface area contributed by atoms with Crippen LogP contribution in [0.4, 0.5) is 0 Å². The molecule has 0 saturated heterocycles. The molecular formula is H6AsO8Sb. The Morgan fingerprint density at radius 2 is 1.00 bits per heavy atom. The van der Waals surface area contributed by atoms with Gasteiger partial charge in [0.25, 0.3) is 0 Å². The van der Waals surface area contributed by atoms with Gasteiger partial charge in [-0.05, 0) is 0 Å². The zero-order chi connectivity index (χ0) is 9.00. The van der Waals surface area contributed by atoms with Gasteiger partial charge in [-0.2, -0.15) is 0 Å². The van der Waals surface area contributed by atoms with Crippen LogP contribution in [-0.2, 0) is 6.76 Å². The third kappa shape index (κ3) is 964. The summed E-state index contributed by atoms with van der Waals surface area (Å²) < 4.78 is 61.5. The Morgan fingerprint density at radius 3 is 1.00 bits per heavy atom. The van der Waals surface area contributed by atoms with Gasteiger partial charge in [-0.25, -0.2) is 0 Å². The molecule has 0 unspecified atom stereocenters. The number of hydrogen-bond donors (Lipinski definition) is 6. The Hall–Kier alpha value is 0.737. The fourth-order valence-corrected chi connectivity index (χ4v) is 0. The van der Waals surface area contributed by atoms with Gasteiger partial charge in [0.1, 0.15) is 0 Å². The van der Waals surface area contributed by atoms with E-state index in [0.29, 0.717) is 0 Å². The van der Waals surface area contributed by atoms with Gasteiger partial charge >= 0.3 is 63.8 Å². The van der Waals surface area contributed by atoms with Crippen LogP contribution in [0, 0.1) is 0 Å². The summed E-state index contributed by atoms with van der Waals surface area (Å²) >= 11 is -10.5. The van der Waals surface area contributed by atoms with E-state index in [-0.39, 0.29) is 0 Å². The first-order chi connectivity index (χ1) is 4.00. The number of hydrogen-bond acceptors (Lipinski definition) is 2. The van der Waals surface area contributed by atoms with Gasteiger partial charge in [0.2, 0.25) is 0 Å². The van der Waals surface area contributed by atoms with Gasteiger partial charge in [0, 0.05) is 0 Å². The molecule has 10 heavy (non-hydrogen) atoms. The molecule has 0 aliphatic rings. The summed E-state index contributed by atoms with van der Waals surface area (Å²) in [6, 6.07) is 0. The molecule has 0 aliphatic heterocycles. The Balaban J connectivity index is 0. The summed E-state index contributed by atoms with van der Waals surface area (Å²) in [5.74, 6) is 0. The zero-order valence-corrected chi connectivity index (χ0v) is 8.82. The van der Waals surface area contributed by atoms with Crippen LogP contribution in [0.25, 0.3) is 0 Å². The van der Waals surface area contributed by atoms with Gasteiger partial charge < -0.3 is 0 Å². The Morgan fingerprint density at radius 1 is 1.00 bits per heavy atom. The second-order valence-corrected chi connectivity index (χ2v) is 6.11. The van der Waals surface area contributed by atoms with E-state index >= 15 is 0 Å². The van der Waals surface area contributed by atoms with Crippen molar-refractivity contribution in [2.24, 2.45) is 0 Å². The molecule has 0 fully saturated rings. The molecule has 10 heteroatoms. The molecular weight excluding hydrogens is 325 g/mol. The van der Waals surface area contributed by atoms with E-state index in [0.717, 1.165) is 0 Å². The van der Waals surface area contributed by atoms with Crippen molar-refractivity contribution in [3.8, 4) is 0 Å². The third-order valence-corrected chi connectivity index (χ3v) is 0. The molecule has 0 atom stereocenters. The predicted molar refractivity (Wildman–Crippen MR) is 26.2 cm³/mol. The van der Waals surface area contributed by atoms with Crippen LogP contribution < -0.4 is 0 Å². The first-order valence-corrected chi connectivity index (χ1v) is 9.32. The molecule has 0 aromatic heterocycles. The maximum absolute atomic E-state index is 8.97. The molecule has 0 rings (SSSR count). The van der Waals surface area contributed by atoms with Gasteiger partial charge in [-0.15, -0.1) is 0 Å². The van der Waals surface area contributed by atoms with Crippen molar-refractivity contribution < 1.29 is 29.2 Å². The second kappa shape index (κ2) is 4.58. The normalized spacial score (nSPS) is 11.8. The van der Waals surface area contributed by atoms with E-state index in [2.05, 4.69) is 0 Å². The third-order valence-electron chi connectivity index (χ3n) is 0. The zero-order valence-electron chi connectivity index (χ0n) is 4.39. The monoisotopic (exact) mass is 330 g/mol. The van der Waals surface area contributed by atoms with Crippen LogP contribution >= 0.6 is 0 Å². The molecule has 0 spiro atoms. The summed E-state index contributed by atoms with van der Waals surface area (Å²) in [4.78, 5) is 0. The first-order valence-electron chi connectivity index (χ1n) is 1.57. The average molecular weight is 331 g/mol. The molecule has 64 valence electrons. The van der Waals surface area contributed by atoms with E-state index in [9.17, 15) is 0 Å². The Bertz CT molecular complexity index is 122. The molecule has 6 N–H and O–H groups in total. The fourth-order valence-electron chi connectivity index (χ4n) is 0. The summed E-state index contributed by atoms with van der Waals surface area (Å²) in [6.07, 6.45) is 0. The predicted octanol–water partition coefficient (Wildman–Crippen LogP) is -4.34. The molecule has 0 aromatic rings. The van der Waals surface area contributed by atoms with Crippen LogP contribution in [0.1, 0.15) is 0 Å². The van der Waals surface area contributed by atoms with Gasteiger partial charge in [0.15, 0.2) is 0 Å². The molecule has 0 bridgehead atoms. The average Bonchev–Trinajstić information content (AvgIpc) is 1.12. The van der Waals surface area contributed by atoms with Crippen LogP contribution in [-0.4, -0.2) is 57.0 Å². The van der Waals surface area contributed by atoms with Crippen molar-refractivity contribution >= 4 is 34.6 Å². The number of rotatable bonds is 0. The molecule has 0 aliphatic carbocycles. The van der Waals surface area contributed by atoms with Crippen LogP contribution in [0.5, 0.6) is 0 Å². The van der Waals surface area contributed by atoms with Crippen LogP contribution in [0.3, 0.4) is 0 Å². The van der Waals surface area contributed by atoms with Crippen molar-refractivity contribution in [3.63, 3.8) is 0 Å². The van der Waals surface area contributed by atoms with Crippen molar-refractivity contribution in [2.45, 2.75) is 0 Å². The standard InChI is InChI=1S/AsH3O4.3H2O.O.Sb/c2-1(3,4)5;;;;;/h(H3,2,3,4,5);3*1H2;;/q;;;;;+3/p-3. The van der Waals surface area contributed by atoms with Crippen molar-refractivity contribution in [2.75, 3.05) is 0 Å².